The lowest BCUT2D eigenvalue weighted by Gasteiger charge is -2.28. The lowest BCUT2D eigenvalue weighted by Crippen LogP contribution is -2.32. The van der Waals surface area contributed by atoms with Gasteiger partial charge in [0.05, 0.1) is 11.1 Å². The van der Waals surface area contributed by atoms with E-state index in [0.29, 0.717) is 11.1 Å². The monoisotopic (exact) mass is 368 g/mol. The van der Waals surface area contributed by atoms with Gasteiger partial charge in [-0.1, -0.05) is 56.7 Å². The fourth-order valence-corrected chi connectivity index (χ4v) is 3.03. The third kappa shape index (κ3) is 5.68. The number of hydrogen-bond donors (Lipinski definition) is 0. The van der Waals surface area contributed by atoms with Crippen molar-refractivity contribution in [3.8, 4) is 0 Å². The van der Waals surface area contributed by atoms with E-state index in [1.807, 2.05) is 57.2 Å². The molecule has 0 aliphatic heterocycles. The van der Waals surface area contributed by atoms with Gasteiger partial charge in [0, 0.05) is 5.41 Å². The summed E-state index contributed by atoms with van der Waals surface area (Å²) in [6, 6.07) is 14.7. The molecule has 27 heavy (non-hydrogen) atoms. The van der Waals surface area contributed by atoms with Crippen molar-refractivity contribution in [2.45, 2.75) is 40.5 Å². The zero-order valence-corrected chi connectivity index (χ0v) is 16.6. The number of esters is 2. The maximum Gasteiger partial charge on any atom is 0.338 e. The quantitative estimate of drug-likeness (QED) is 0.607. The van der Waals surface area contributed by atoms with Gasteiger partial charge in [0.25, 0.3) is 0 Å². The van der Waals surface area contributed by atoms with Crippen LogP contribution < -0.4 is 0 Å². The highest BCUT2D eigenvalue weighted by molar-refractivity contribution is 5.91. The number of carbonyl (C=O) groups excluding carboxylic acids is 2. The van der Waals surface area contributed by atoms with Gasteiger partial charge in [0.15, 0.2) is 0 Å². The highest BCUT2D eigenvalue weighted by Crippen LogP contribution is 2.26. The van der Waals surface area contributed by atoms with Crippen LogP contribution in [0.1, 0.15) is 58.5 Å². The maximum atomic E-state index is 12.4. The molecule has 2 aromatic rings. The Hall–Kier alpha value is -2.62. The summed E-state index contributed by atoms with van der Waals surface area (Å²) >= 11 is 0. The number of hydrogen-bond acceptors (Lipinski definition) is 4. The molecule has 0 radical (unpaired) electrons. The van der Waals surface area contributed by atoms with Crippen LogP contribution in [0.5, 0.6) is 0 Å². The molecule has 0 heterocycles. The fourth-order valence-electron chi connectivity index (χ4n) is 3.03. The molecule has 0 saturated heterocycles. The van der Waals surface area contributed by atoms with E-state index in [1.165, 1.54) is 0 Å². The molecular weight excluding hydrogens is 340 g/mol. The number of rotatable bonds is 8. The molecule has 0 aliphatic rings. The molecule has 0 N–H and O–H groups in total. The van der Waals surface area contributed by atoms with Crippen molar-refractivity contribution < 1.29 is 19.1 Å². The molecule has 2 rings (SSSR count). The Morgan fingerprint density at radius 3 is 1.59 bits per heavy atom. The molecule has 0 atom stereocenters. The largest absolute Gasteiger partial charge is 0.461 e. The van der Waals surface area contributed by atoms with Crippen molar-refractivity contribution in [2.24, 2.45) is 5.41 Å². The summed E-state index contributed by atoms with van der Waals surface area (Å²) in [6.07, 6.45) is 1.69. The molecular formula is C23H28O4. The topological polar surface area (TPSA) is 52.6 Å². The summed E-state index contributed by atoms with van der Waals surface area (Å²) in [5.41, 5.74) is 2.46. The summed E-state index contributed by atoms with van der Waals surface area (Å²) in [4.78, 5) is 24.8. The minimum atomic E-state index is -0.425. The normalized spacial score (nSPS) is 11.1. The average molecular weight is 368 g/mol. The van der Waals surface area contributed by atoms with Gasteiger partial charge in [-0.15, -0.1) is 0 Å². The summed E-state index contributed by atoms with van der Waals surface area (Å²) in [5, 5.41) is 0. The van der Waals surface area contributed by atoms with Gasteiger partial charge in [-0.2, -0.15) is 0 Å². The van der Waals surface area contributed by atoms with Crippen molar-refractivity contribution in [3.63, 3.8) is 0 Å². The van der Waals surface area contributed by atoms with Crippen molar-refractivity contribution in [1.82, 2.24) is 0 Å². The zero-order chi connectivity index (χ0) is 19.9. The van der Waals surface area contributed by atoms with Crippen molar-refractivity contribution in [2.75, 3.05) is 13.2 Å². The fraction of sp³-hybridized carbons (Fsp3) is 0.391. The van der Waals surface area contributed by atoms with Crippen LogP contribution in [0, 0.1) is 19.3 Å². The van der Waals surface area contributed by atoms with Gasteiger partial charge in [0.2, 0.25) is 0 Å². The molecule has 0 saturated carbocycles. The Balaban J connectivity index is 2.00. The first-order valence-electron chi connectivity index (χ1n) is 9.32. The van der Waals surface area contributed by atoms with Crippen molar-refractivity contribution in [1.29, 1.82) is 0 Å². The lowest BCUT2D eigenvalue weighted by molar-refractivity contribution is -0.00249. The van der Waals surface area contributed by atoms with Crippen molar-refractivity contribution >= 4 is 11.9 Å². The lowest BCUT2D eigenvalue weighted by atomic mass is 9.87. The van der Waals surface area contributed by atoms with E-state index in [0.717, 1.165) is 24.0 Å². The van der Waals surface area contributed by atoms with Gasteiger partial charge in [-0.05, 0) is 43.5 Å². The maximum absolute atomic E-state index is 12.4. The standard InChI is InChI=1S/C23H28O4/c1-5-14-23(4,15-26-21(24)19-12-8-6-10-17(19)2)16-27-22(25)20-13-9-7-11-18(20)3/h6-13H,5,14-16H2,1-4H3. The predicted octanol–water partition coefficient (Wildman–Crippen LogP) is 5.12. The first kappa shape index (κ1) is 20.7. The molecule has 144 valence electrons. The minimum Gasteiger partial charge on any atom is -0.461 e. The SMILES string of the molecule is CCCC(C)(COC(=O)c1ccccc1C)COC(=O)c1ccccc1C. The Morgan fingerprint density at radius 1 is 0.815 bits per heavy atom. The summed E-state index contributed by atoms with van der Waals surface area (Å²) in [7, 11) is 0. The Morgan fingerprint density at radius 2 is 1.22 bits per heavy atom. The Labute approximate surface area is 161 Å². The Kier molecular flexibility index (Phi) is 7.17. The zero-order valence-electron chi connectivity index (χ0n) is 16.6. The van der Waals surface area contributed by atoms with Crippen LogP contribution in [0.4, 0.5) is 0 Å². The second-order valence-corrected chi connectivity index (χ2v) is 7.34. The van der Waals surface area contributed by atoms with Gasteiger partial charge < -0.3 is 9.47 Å². The van der Waals surface area contributed by atoms with Gasteiger partial charge in [0.1, 0.15) is 13.2 Å². The molecule has 0 fully saturated rings. The third-order valence-electron chi connectivity index (χ3n) is 4.69. The molecule has 0 spiro atoms. The number of carbonyl (C=O) groups is 2. The number of ether oxygens (including phenoxy) is 2. The first-order valence-corrected chi connectivity index (χ1v) is 9.32. The van der Waals surface area contributed by atoms with Crippen LogP contribution in [0.2, 0.25) is 0 Å². The highest BCUT2D eigenvalue weighted by atomic mass is 16.5. The predicted molar refractivity (Wildman–Crippen MR) is 106 cm³/mol. The highest BCUT2D eigenvalue weighted by Gasteiger charge is 2.28. The summed E-state index contributed by atoms with van der Waals surface area (Å²) in [6.45, 7) is 8.21. The van der Waals surface area contributed by atoms with E-state index >= 15 is 0 Å². The first-order chi connectivity index (χ1) is 12.9. The van der Waals surface area contributed by atoms with Gasteiger partial charge in [-0.25, -0.2) is 9.59 Å². The minimum absolute atomic E-state index is 0.203. The van der Waals surface area contributed by atoms with Crippen LogP contribution in [0.15, 0.2) is 48.5 Å². The molecule has 4 nitrogen and oxygen atoms in total. The second-order valence-electron chi connectivity index (χ2n) is 7.34. The number of aryl methyl sites for hydroxylation is 2. The van der Waals surface area contributed by atoms with Crippen LogP contribution in [-0.4, -0.2) is 25.2 Å². The van der Waals surface area contributed by atoms with E-state index in [-0.39, 0.29) is 25.2 Å². The third-order valence-corrected chi connectivity index (χ3v) is 4.69. The van der Waals surface area contributed by atoms with Crippen molar-refractivity contribution in [3.05, 3.63) is 70.8 Å². The molecule has 0 amide bonds. The molecule has 0 unspecified atom stereocenters. The smallest absolute Gasteiger partial charge is 0.338 e. The summed E-state index contributed by atoms with van der Waals surface area (Å²) in [5.74, 6) is -0.693. The number of benzene rings is 2. The van der Waals surface area contributed by atoms with E-state index in [2.05, 4.69) is 6.92 Å². The average Bonchev–Trinajstić information content (AvgIpc) is 2.65. The molecule has 2 aromatic carbocycles. The van der Waals surface area contributed by atoms with Crippen LogP contribution >= 0.6 is 0 Å². The van der Waals surface area contributed by atoms with Crippen LogP contribution in [0.25, 0.3) is 0 Å². The molecule has 4 heteroatoms. The van der Waals surface area contributed by atoms with E-state index in [9.17, 15) is 9.59 Å². The molecule has 0 aliphatic carbocycles. The van der Waals surface area contributed by atoms with Gasteiger partial charge >= 0.3 is 11.9 Å². The van der Waals surface area contributed by atoms with E-state index < -0.39 is 5.41 Å². The molecule has 0 aromatic heterocycles. The van der Waals surface area contributed by atoms with Crippen LogP contribution in [-0.2, 0) is 9.47 Å². The van der Waals surface area contributed by atoms with E-state index in [1.54, 1.807) is 12.1 Å². The molecule has 0 bridgehead atoms. The van der Waals surface area contributed by atoms with Gasteiger partial charge in [-0.3, -0.25) is 0 Å². The van der Waals surface area contributed by atoms with E-state index in [4.69, 9.17) is 9.47 Å². The van der Waals surface area contributed by atoms with Crippen LogP contribution in [0.3, 0.4) is 0 Å². The summed E-state index contributed by atoms with van der Waals surface area (Å²) < 4.78 is 11.1. The second kappa shape index (κ2) is 9.36. The Bertz CT molecular complexity index is 733.